The molecule has 0 saturated heterocycles. The zero-order valence-electron chi connectivity index (χ0n) is 6.25. The van der Waals surface area contributed by atoms with Crippen molar-refractivity contribution in [1.82, 2.24) is 19.9 Å². The molecule has 13 heavy (non-hydrogen) atoms. The molecule has 0 aliphatic rings. The Morgan fingerprint density at radius 2 is 1.85 bits per heavy atom. The van der Waals surface area contributed by atoms with Gasteiger partial charge in [-0.25, -0.2) is 4.79 Å². The van der Waals surface area contributed by atoms with E-state index in [1.165, 1.54) is 0 Å². The zero-order chi connectivity index (χ0) is 8.72. The first-order valence-corrected chi connectivity index (χ1v) is 3.14. The first kappa shape index (κ1) is 9.33. The molecule has 0 aromatic carbocycles. The quantitative estimate of drug-likeness (QED) is 0.439. The number of imidazole rings is 1. The minimum atomic E-state index is -0.478. The van der Waals surface area contributed by atoms with E-state index in [0.717, 1.165) is 0 Å². The fourth-order valence-corrected chi connectivity index (χ4v) is 0.949. The van der Waals surface area contributed by atoms with Gasteiger partial charge in [0, 0.05) is 0 Å². The fraction of sp³-hybridized carbons (Fsp3) is 0. The van der Waals surface area contributed by atoms with Crippen molar-refractivity contribution < 1.29 is 0 Å². The Hall–Kier alpha value is -1.76. The van der Waals surface area contributed by atoms with Gasteiger partial charge in [0.1, 0.15) is 0 Å². The van der Waals surface area contributed by atoms with Crippen LogP contribution in [0, 0.1) is 0 Å². The number of nitrogen functional groups attached to an aromatic ring is 1. The van der Waals surface area contributed by atoms with Crippen molar-refractivity contribution in [2.45, 2.75) is 0 Å². The van der Waals surface area contributed by atoms with Crippen LogP contribution in [0.3, 0.4) is 0 Å². The van der Waals surface area contributed by atoms with E-state index in [-0.39, 0.29) is 29.5 Å². The molecule has 2 aromatic rings. The molecule has 2 heterocycles. The third kappa shape index (κ3) is 1.41. The summed E-state index contributed by atoms with van der Waals surface area (Å²) in [4.78, 5) is 32.3. The number of nitrogens with one attached hydrogen (secondary N) is 3. The maximum absolute atomic E-state index is 11.0. The van der Waals surface area contributed by atoms with E-state index in [2.05, 4.69) is 19.9 Å². The molecule has 0 atom stereocenters. The largest absolute Gasteiger partial charge is 0.369 e. The van der Waals surface area contributed by atoms with Crippen molar-refractivity contribution in [3.8, 4) is 0 Å². The molecular formula is C5H6ClN5O2. The summed E-state index contributed by atoms with van der Waals surface area (Å²) in [5, 5.41) is 0. The van der Waals surface area contributed by atoms with Crippen molar-refractivity contribution in [2.75, 3.05) is 5.73 Å². The summed E-state index contributed by atoms with van der Waals surface area (Å²) in [5.74, 6) is -0.0252. The highest BCUT2D eigenvalue weighted by Crippen LogP contribution is 1.96. The SMILES string of the molecule is Cl.Nc1n[13c]2[nH][13c](=O)[nH][13c]2c(=O)[nH]1. The number of aromatic amines is 3. The third-order valence-corrected chi connectivity index (χ3v) is 1.41. The number of hydrogen-bond acceptors (Lipinski definition) is 4. The first-order chi connectivity index (χ1) is 5.66. The number of H-pyrrole nitrogens is 3. The summed E-state index contributed by atoms with van der Waals surface area (Å²) in [6, 6.07) is 0. The van der Waals surface area contributed by atoms with E-state index in [9.17, 15) is 9.59 Å². The summed E-state index contributed by atoms with van der Waals surface area (Å²) in [6.45, 7) is 0. The topological polar surface area (TPSA) is 120 Å². The molecule has 2 aromatic heterocycles. The summed E-state index contributed by atoms with van der Waals surface area (Å²) < 4.78 is 0. The molecule has 0 unspecified atom stereocenters. The molecule has 0 amide bonds. The molecule has 2 rings (SSSR count). The lowest BCUT2D eigenvalue weighted by molar-refractivity contribution is 1.17. The standard InChI is InChI=1S/C5H5N5O2.ClH/c6-4-8-2-1(3(11)10-4)7-5(12)9-2;/h(H5,6,7,8,9,10,11,12);1H/i1+1,2+1,5+1;. The van der Waals surface area contributed by atoms with Crippen LogP contribution in [0.5, 0.6) is 0 Å². The van der Waals surface area contributed by atoms with E-state index >= 15 is 0 Å². The minimum absolute atomic E-state index is 0. The predicted octanol–water partition coefficient (Wildman–Crippen LogP) is -1.06. The predicted molar refractivity (Wildman–Crippen MR) is 49.0 cm³/mol. The van der Waals surface area contributed by atoms with Gasteiger partial charge in [0.05, 0.1) is 0 Å². The zero-order valence-corrected chi connectivity index (χ0v) is 7.07. The van der Waals surface area contributed by atoms with Crippen LogP contribution >= 0.6 is 12.4 Å². The lowest BCUT2D eigenvalue weighted by Gasteiger charge is -1.89. The van der Waals surface area contributed by atoms with Gasteiger partial charge in [-0.05, 0) is 0 Å². The number of nitrogens with two attached hydrogens (primary N) is 1. The lowest BCUT2D eigenvalue weighted by atomic mass is 10.9. The highest BCUT2D eigenvalue weighted by molar-refractivity contribution is 5.85. The molecule has 0 aliphatic heterocycles. The van der Waals surface area contributed by atoms with Crippen molar-refractivity contribution in [3.63, 3.8) is 0 Å². The van der Waals surface area contributed by atoms with Gasteiger partial charge in [-0.3, -0.25) is 19.7 Å². The van der Waals surface area contributed by atoms with Crippen LogP contribution in [0.2, 0.25) is 0 Å². The van der Waals surface area contributed by atoms with Crippen molar-refractivity contribution >= 4 is 29.5 Å². The molecule has 0 saturated carbocycles. The smallest absolute Gasteiger partial charge is 0.325 e. The van der Waals surface area contributed by atoms with Crippen LogP contribution < -0.4 is 17.0 Å². The molecular weight excluding hydrogens is 201 g/mol. The van der Waals surface area contributed by atoms with Crippen LogP contribution in [0.15, 0.2) is 9.59 Å². The van der Waals surface area contributed by atoms with E-state index in [1.807, 2.05) is 0 Å². The van der Waals surface area contributed by atoms with Gasteiger partial charge < -0.3 is 5.73 Å². The Labute approximate surface area is 76.8 Å². The number of aromatic nitrogens is 4. The Balaban J connectivity index is 0.000000845. The van der Waals surface area contributed by atoms with Crippen molar-refractivity contribution in [3.05, 3.63) is 20.8 Å². The van der Waals surface area contributed by atoms with Crippen molar-refractivity contribution in [1.29, 1.82) is 0 Å². The molecule has 0 aliphatic carbocycles. The number of hydrogen-bond donors (Lipinski definition) is 4. The Bertz CT molecular complexity index is 538. The highest BCUT2D eigenvalue weighted by atomic mass is 35.5. The van der Waals surface area contributed by atoms with Gasteiger partial charge in [-0.15, -0.1) is 12.4 Å². The molecule has 5 N–H and O–H groups in total. The van der Waals surface area contributed by atoms with Gasteiger partial charge >= 0.3 is 5.69 Å². The normalized spacial score (nSPS) is 9.85. The average Bonchev–Trinajstić information content (AvgIpc) is 2.29. The third-order valence-electron chi connectivity index (χ3n) is 1.41. The second-order valence-corrected chi connectivity index (χ2v) is 2.25. The lowest BCUT2D eigenvalue weighted by Crippen LogP contribution is -2.11. The van der Waals surface area contributed by atoms with Gasteiger partial charge in [-0.2, -0.15) is 4.98 Å². The second kappa shape index (κ2) is 2.94. The summed E-state index contributed by atoms with van der Waals surface area (Å²) >= 11 is 0. The Morgan fingerprint density at radius 1 is 1.15 bits per heavy atom. The Kier molecular flexibility index (Phi) is 2.11. The molecule has 0 bridgehead atoms. The first-order valence-electron chi connectivity index (χ1n) is 3.14. The van der Waals surface area contributed by atoms with Gasteiger partial charge in [0.25, 0.3) is 5.56 Å². The molecule has 0 fully saturated rings. The molecule has 8 heteroatoms. The average molecular weight is 207 g/mol. The van der Waals surface area contributed by atoms with Gasteiger partial charge in [-0.1, -0.05) is 0 Å². The van der Waals surface area contributed by atoms with E-state index in [1.54, 1.807) is 0 Å². The number of fused-ring (bicyclic) bond motifs is 1. The fourth-order valence-electron chi connectivity index (χ4n) is 0.949. The highest BCUT2D eigenvalue weighted by Gasteiger charge is 2.03. The van der Waals surface area contributed by atoms with E-state index < -0.39 is 11.2 Å². The number of rotatable bonds is 0. The van der Waals surface area contributed by atoms with Gasteiger partial charge in [0.2, 0.25) is 5.95 Å². The van der Waals surface area contributed by atoms with Crippen molar-refractivity contribution in [2.24, 2.45) is 0 Å². The van der Waals surface area contributed by atoms with Crippen LogP contribution in [-0.2, 0) is 0 Å². The van der Waals surface area contributed by atoms with E-state index in [0.29, 0.717) is 0 Å². The summed E-state index contributed by atoms with van der Waals surface area (Å²) in [7, 11) is 0. The maximum Gasteiger partial charge on any atom is 0.325 e. The Morgan fingerprint density at radius 3 is 2.54 bits per heavy atom. The second-order valence-electron chi connectivity index (χ2n) is 2.25. The molecule has 70 valence electrons. The summed E-state index contributed by atoms with van der Waals surface area (Å²) in [6.07, 6.45) is 0. The van der Waals surface area contributed by atoms with Gasteiger partial charge in [0.15, 0.2) is 11.2 Å². The summed E-state index contributed by atoms with van der Waals surface area (Å²) in [5.41, 5.74) is 4.56. The monoisotopic (exact) mass is 206 g/mol. The van der Waals surface area contributed by atoms with E-state index in [4.69, 9.17) is 5.73 Å². The number of anilines is 1. The van der Waals surface area contributed by atoms with Crippen LogP contribution in [-0.4, -0.2) is 19.9 Å². The number of halogens is 1. The number of nitrogens with zero attached hydrogens (tertiary/aromatic N) is 1. The van der Waals surface area contributed by atoms with Crippen LogP contribution in [0.25, 0.3) is 11.2 Å². The molecule has 7 nitrogen and oxygen atoms in total. The molecule has 0 radical (unpaired) electrons. The minimum Gasteiger partial charge on any atom is -0.369 e. The maximum atomic E-state index is 11.0. The molecule has 0 spiro atoms. The van der Waals surface area contributed by atoms with Crippen LogP contribution in [0.1, 0.15) is 0 Å². The van der Waals surface area contributed by atoms with Crippen LogP contribution in [0.4, 0.5) is 5.95 Å².